The predicted octanol–water partition coefficient (Wildman–Crippen LogP) is 4.50. The molecule has 0 saturated carbocycles. The number of nitrogens with zero attached hydrogens (tertiary/aromatic N) is 3. The maximum Gasteiger partial charge on any atom is 0.267 e. The number of halogens is 1. The van der Waals surface area contributed by atoms with Crippen molar-refractivity contribution in [3.8, 4) is 11.4 Å². The fourth-order valence-corrected chi connectivity index (χ4v) is 2.32. The molecular weight excluding hydrogens is 326 g/mol. The lowest BCUT2D eigenvalue weighted by molar-refractivity contribution is 0.107. The molecule has 0 aliphatic carbocycles. The van der Waals surface area contributed by atoms with Gasteiger partial charge in [0.2, 0.25) is 5.82 Å². The first kappa shape index (κ1) is 16.2. The van der Waals surface area contributed by atoms with Gasteiger partial charge < -0.3 is 9.36 Å². The molecule has 1 heterocycles. The van der Waals surface area contributed by atoms with Gasteiger partial charge in [-0.05, 0) is 29.7 Å². The predicted molar refractivity (Wildman–Crippen MR) is 92.9 cm³/mol. The first-order valence-electron chi connectivity index (χ1n) is 7.58. The normalized spacial score (nSPS) is 11.1. The van der Waals surface area contributed by atoms with Gasteiger partial charge in [0.1, 0.15) is 0 Å². The van der Waals surface area contributed by atoms with Crippen molar-refractivity contribution >= 4 is 17.8 Å². The third-order valence-electron chi connectivity index (χ3n) is 3.44. The van der Waals surface area contributed by atoms with Crippen LogP contribution in [0.1, 0.15) is 23.9 Å². The van der Waals surface area contributed by atoms with Crippen molar-refractivity contribution in [1.29, 1.82) is 0 Å². The molecule has 0 aliphatic rings. The molecule has 0 fully saturated rings. The Labute approximate surface area is 144 Å². The molecule has 122 valence electrons. The number of hydrogen-bond donors (Lipinski definition) is 0. The van der Waals surface area contributed by atoms with E-state index in [1.54, 1.807) is 12.3 Å². The maximum absolute atomic E-state index is 6.11. The minimum absolute atomic E-state index is 0.0982. The van der Waals surface area contributed by atoms with E-state index in [1.165, 1.54) is 5.56 Å². The second-order valence-electron chi connectivity index (χ2n) is 5.09. The Balaban J connectivity index is 1.57. The summed E-state index contributed by atoms with van der Waals surface area (Å²) < 4.78 is 5.14. The molecular formula is C18H16ClN3O2. The van der Waals surface area contributed by atoms with Gasteiger partial charge >= 0.3 is 0 Å². The van der Waals surface area contributed by atoms with Crippen molar-refractivity contribution in [3.63, 3.8) is 0 Å². The molecule has 0 radical (unpaired) electrons. The summed E-state index contributed by atoms with van der Waals surface area (Å²) in [6.07, 6.45) is 2.66. The Bertz CT molecular complexity index is 828. The fraction of sp³-hybridized carbons (Fsp3) is 0.167. The molecule has 3 rings (SSSR count). The average Bonchev–Trinajstić information content (AvgIpc) is 3.08. The van der Waals surface area contributed by atoms with E-state index < -0.39 is 0 Å². The topological polar surface area (TPSA) is 60.5 Å². The van der Waals surface area contributed by atoms with E-state index in [-0.39, 0.29) is 6.61 Å². The van der Waals surface area contributed by atoms with Gasteiger partial charge in [-0.1, -0.05) is 65.2 Å². The van der Waals surface area contributed by atoms with Crippen LogP contribution in [0.4, 0.5) is 0 Å². The molecule has 0 bridgehead atoms. The van der Waals surface area contributed by atoms with Crippen LogP contribution in [0.5, 0.6) is 0 Å². The highest BCUT2D eigenvalue weighted by molar-refractivity contribution is 6.33. The van der Waals surface area contributed by atoms with Gasteiger partial charge in [-0.15, -0.1) is 0 Å². The van der Waals surface area contributed by atoms with Gasteiger partial charge in [-0.3, -0.25) is 0 Å². The molecule has 3 aromatic rings. The van der Waals surface area contributed by atoms with Gasteiger partial charge in [0.25, 0.3) is 5.89 Å². The SMILES string of the molecule is CCc1ccc(/C=N\OCc2nc(-c3ccccc3Cl)no2)cc1. The minimum Gasteiger partial charge on any atom is -0.386 e. The Morgan fingerprint density at radius 3 is 2.71 bits per heavy atom. The standard InChI is InChI=1S/C18H16ClN3O2/c1-2-13-7-9-14(10-8-13)11-20-23-12-17-21-18(22-24-17)15-5-3-4-6-16(15)19/h3-11H,2,12H2,1H3/b20-11-. The molecule has 2 aromatic carbocycles. The lowest BCUT2D eigenvalue weighted by Crippen LogP contribution is -1.89. The van der Waals surface area contributed by atoms with Crippen LogP contribution in [0.25, 0.3) is 11.4 Å². The lowest BCUT2D eigenvalue weighted by atomic mass is 10.1. The van der Waals surface area contributed by atoms with Gasteiger partial charge in [0, 0.05) is 5.56 Å². The Kier molecular flexibility index (Phi) is 5.23. The van der Waals surface area contributed by atoms with Crippen LogP contribution < -0.4 is 0 Å². The number of oxime groups is 1. The molecule has 0 unspecified atom stereocenters. The zero-order chi connectivity index (χ0) is 16.8. The van der Waals surface area contributed by atoms with Crippen LogP contribution in [0.15, 0.2) is 58.2 Å². The third-order valence-corrected chi connectivity index (χ3v) is 3.76. The first-order valence-corrected chi connectivity index (χ1v) is 7.96. The van der Waals surface area contributed by atoms with E-state index in [0.717, 1.165) is 12.0 Å². The molecule has 0 spiro atoms. The van der Waals surface area contributed by atoms with E-state index >= 15 is 0 Å². The number of hydrogen-bond acceptors (Lipinski definition) is 5. The van der Waals surface area contributed by atoms with Crippen molar-refractivity contribution in [1.82, 2.24) is 10.1 Å². The molecule has 0 saturated heterocycles. The van der Waals surface area contributed by atoms with Crippen molar-refractivity contribution < 1.29 is 9.36 Å². The number of aryl methyl sites for hydroxylation is 1. The molecule has 0 amide bonds. The third kappa shape index (κ3) is 4.00. The molecule has 0 aliphatic heterocycles. The van der Waals surface area contributed by atoms with Gasteiger partial charge in [-0.2, -0.15) is 4.98 Å². The Hall–Kier alpha value is -2.66. The van der Waals surface area contributed by atoms with Gasteiger partial charge in [0.15, 0.2) is 6.61 Å². The monoisotopic (exact) mass is 341 g/mol. The Morgan fingerprint density at radius 2 is 1.96 bits per heavy atom. The van der Waals surface area contributed by atoms with E-state index in [4.69, 9.17) is 21.0 Å². The van der Waals surface area contributed by atoms with Crippen molar-refractivity contribution in [2.24, 2.45) is 5.16 Å². The van der Waals surface area contributed by atoms with Crippen LogP contribution in [0.2, 0.25) is 5.02 Å². The Morgan fingerprint density at radius 1 is 1.17 bits per heavy atom. The van der Waals surface area contributed by atoms with E-state index in [9.17, 15) is 0 Å². The van der Waals surface area contributed by atoms with Crippen molar-refractivity contribution in [3.05, 3.63) is 70.6 Å². The molecule has 24 heavy (non-hydrogen) atoms. The van der Waals surface area contributed by atoms with E-state index in [1.807, 2.05) is 30.3 Å². The van der Waals surface area contributed by atoms with Crippen molar-refractivity contribution in [2.75, 3.05) is 0 Å². The summed E-state index contributed by atoms with van der Waals surface area (Å²) in [7, 11) is 0. The minimum atomic E-state index is 0.0982. The largest absolute Gasteiger partial charge is 0.386 e. The summed E-state index contributed by atoms with van der Waals surface area (Å²) in [6.45, 7) is 2.22. The number of benzene rings is 2. The molecule has 0 atom stereocenters. The summed E-state index contributed by atoms with van der Waals surface area (Å²) in [4.78, 5) is 9.45. The summed E-state index contributed by atoms with van der Waals surface area (Å²) in [5, 5.41) is 8.38. The van der Waals surface area contributed by atoms with Crippen LogP contribution in [-0.4, -0.2) is 16.4 Å². The van der Waals surface area contributed by atoms with Crippen LogP contribution in [0.3, 0.4) is 0 Å². The molecule has 6 heteroatoms. The summed E-state index contributed by atoms with van der Waals surface area (Å²) in [6, 6.07) is 15.4. The average molecular weight is 342 g/mol. The van der Waals surface area contributed by atoms with E-state index in [0.29, 0.717) is 22.3 Å². The maximum atomic E-state index is 6.11. The second-order valence-corrected chi connectivity index (χ2v) is 5.50. The molecule has 1 aromatic heterocycles. The van der Waals surface area contributed by atoms with Crippen LogP contribution in [-0.2, 0) is 17.9 Å². The van der Waals surface area contributed by atoms with Gasteiger partial charge in [-0.25, -0.2) is 0 Å². The number of rotatable bonds is 6. The highest BCUT2D eigenvalue weighted by Crippen LogP contribution is 2.24. The van der Waals surface area contributed by atoms with Crippen molar-refractivity contribution in [2.45, 2.75) is 20.0 Å². The lowest BCUT2D eigenvalue weighted by Gasteiger charge is -1.97. The van der Waals surface area contributed by atoms with E-state index in [2.05, 4.69) is 34.4 Å². The first-order chi connectivity index (χ1) is 11.8. The molecule has 0 N–H and O–H groups in total. The van der Waals surface area contributed by atoms with Crippen LogP contribution in [0, 0.1) is 0 Å². The summed E-state index contributed by atoms with van der Waals surface area (Å²) >= 11 is 6.11. The highest BCUT2D eigenvalue weighted by atomic mass is 35.5. The smallest absolute Gasteiger partial charge is 0.267 e. The zero-order valence-electron chi connectivity index (χ0n) is 13.1. The fourth-order valence-electron chi connectivity index (χ4n) is 2.10. The van der Waals surface area contributed by atoms with Crippen LogP contribution >= 0.6 is 11.6 Å². The zero-order valence-corrected chi connectivity index (χ0v) is 13.9. The quantitative estimate of drug-likeness (QED) is 0.489. The summed E-state index contributed by atoms with van der Waals surface area (Å²) in [5.41, 5.74) is 2.97. The molecule has 5 nitrogen and oxygen atoms in total. The number of aromatic nitrogens is 2. The highest BCUT2D eigenvalue weighted by Gasteiger charge is 2.11. The summed E-state index contributed by atoms with van der Waals surface area (Å²) in [5.74, 6) is 0.765. The van der Waals surface area contributed by atoms with Gasteiger partial charge in [0.05, 0.1) is 11.2 Å². The second kappa shape index (κ2) is 7.75.